The molecular weight excluding hydrogens is 602 g/mol. The van der Waals surface area contributed by atoms with Gasteiger partial charge in [-0.3, -0.25) is 9.78 Å². The van der Waals surface area contributed by atoms with Crippen LogP contribution in [-0.4, -0.2) is 55.5 Å². The molecule has 0 spiro atoms. The lowest BCUT2D eigenvalue weighted by Crippen LogP contribution is -2.59. The van der Waals surface area contributed by atoms with Gasteiger partial charge in [-0.05, 0) is 60.9 Å². The number of hydrogen-bond acceptors (Lipinski definition) is 8. The number of fused-ring (bicyclic) bond motifs is 5. The van der Waals surface area contributed by atoms with E-state index < -0.39 is 23.4 Å². The zero-order valence-electron chi connectivity index (χ0n) is 26.4. The fourth-order valence-electron chi connectivity index (χ4n) is 6.48. The summed E-state index contributed by atoms with van der Waals surface area (Å²) in [4.78, 5) is 44.3. The van der Waals surface area contributed by atoms with Crippen molar-refractivity contribution in [1.29, 1.82) is 5.26 Å². The number of nitriles is 1. The van der Waals surface area contributed by atoms with E-state index in [1.54, 1.807) is 29.4 Å². The largest absolute Gasteiger partial charge is 0.387 e. The van der Waals surface area contributed by atoms with Crippen LogP contribution in [0.4, 0.5) is 14.6 Å². The number of anilines is 1. The van der Waals surface area contributed by atoms with E-state index in [1.807, 2.05) is 37.8 Å². The van der Waals surface area contributed by atoms with Crippen LogP contribution in [-0.2, 0) is 17.8 Å². The normalized spacial score (nSPS) is 18.3. The summed E-state index contributed by atoms with van der Waals surface area (Å²) in [5.41, 5.74) is 1.52. The van der Waals surface area contributed by atoms with Gasteiger partial charge in [-0.15, -0.1) is 0 Å². The van der Waals surface area contributed by atoms with Gasteiger partial charge >= 0.3 is 5.69 Å². The molecule has 2 aliphatic heterocycles. The number of rotatable bonds is 4. The van der Waals surface area contributed by atoms with E-state index in [-0.39, 0.29) is 72.0 Å². The minimum atomic E-state index is -0.792. The summed E-state index contributed by atoms with van der Waals surface area (Å²) in [6.07, 6.45) is 7.00. The summed E-state index contributed by atoms with van der Waals surface area (Å²) in [7, 11) is 0. The molecule has 1 fully saturated rings. The molecule has 0 radical (unpaired) electrons. The highest BCUT2D eigenvalue weighted by molar-refractivity contribution is 5.91. The first-order valence-electron chi connectivity index (χ1n) is 15.5. The number of hydrogen-bond donors (Lipinski definition) is 1. The number of benzene rings is 1. The Balaban J connectivity index is 1.69. The summed E-state index contributed by atoms with van der Waals surface area (Å²) < 4.78 is 33.3. The molecule has 47 heavy (non-hydrogen) atoms. The minimum absolute atomic E-state index is 0.0149. The lowest BCUT2D eigenvalue weighted by atomic mass is 10.0. The van der Waals surface area contributed by atoms with Crippen LogP contribution in [0.25, 0.3) is 28.0 Å². The topological polar surface area (TPSA) is 120 Å². The predicted molar refractivity (Wildman–Crippen MR) is 175 cm³/mol. The van der Waals surface area contributed by atoms with Crippen LogP contribution in [0, 0.1) is 23.0 Å². The number of pyridine rings is 2. The number of aromatic nitrogens is 4. The zero-order chi connectivity index (χ0) is 33.4. The second-order valence-corrected chi connectivity index (χ2v) is 12.1. The van der Waals surface area contributed by atoms with Crippen molar-refractivity contribution < 1.29 is 13.6 Å². The Morgan fingerprint density at radius 1 is 1.19 bits per heavy atom. The molecule has 0 aliphatic carbocycles. The third-order valence-electron chi connectivity index (χ3n) is 8.71. The van der Waals surface area contributed by atoms with E-state index in [1.165, 1.54) is 22.8 Å². The van der Waals surface area contributed by atoms with Crippen LogP contribution in [0.3, 0.4) is 0 Å². The molecule has 2 aliphatic rings. The SMILES string of the molecule is C=CC(=O)N1CC(C)N(c2nc(=O)n3c4nc(c(F)cc24)-c2c(F)cccc2CN/C=C/Cc2ccnc(C(C)C)c2-3)CC1CC#N. The van der Waals surface area contributed by atoms with Gasteiger partial charge in [0.05, 0.1) is 35.3 Å². The lowest BCUT2D eigenvalue weighted by molar-refractivity contribution is -0.129. The van der Waals surface area contributed by atoms with Crippen molar-refractivity contribution in [1.82, 2.24) is 29.7 Å². The maximum Gasteiger partial charge on any atom is 0.355 e. The zero-order valence-corrected chi connectivity index (χ0v) is 26.4. The summed E-state index contributed by atoms with van der Waals surface area (Å²) in [5, 5.41) is 13.0. The number of carbonyl (C=O) groups excluding carboxylic acids is 1. The van der Waals surface area contributed by atoms with Crippen molar-refractivity contribution in [2.45, 2.75) is 58.2 Å². The van der Waals surface area contributed by atoms with E-state index >= 15 is 8.78 Å². The van der Waals surface area contributed by atoms with Crippen LogP contribution < -0.4 is 15.9 Å². The Kier molecular flexibility index (Phi) is 8.56. The molecule has 240 valence electrons. The van der Waals surface area contributed by atoms with Gasteiger partial charge in [-0.25, -0.2) is 23.1 Å². The van der Waals surface area contributed by atoms with E-state index in [4.69, 9.17) is 4.98 Å². The van der Waals surface area contributed by atoms with Gasteiger partial charge in [0.15, 0.2) is 5.65 Å². The summed E-state index contributed by atoms with van der Waals surface area (Å²) >= 11 is 0. The standard InChI is InChI=1S/C35H34F2N8O2/c1-5-28(46)44-18-21(4)43(19-24(44)11-13-38)33-25-16-27(37)31-29-23(8-6-10-26(29)36)17-39-14-7-9-22-12-15-40-30(20(2)3)32(22)45(34(25)41-31)35(47)42-33/h5-8,10,12,14-16,20-21,24,39H,1,9,11,17-19H2,2-4H3/b14-7+. The minimum Gasteiger partial charge on any atom is -0.387 e. The molecule has 2 atom stereocenters. The van der Waals surface area contributed by atoms with E-state index in [9.17, 15) is 14.9 Å². The Hall–Kier alpha value is -5.44. The molecular formula is C35H34F2N8O2. The molecule has 10 nitrogen and oxygen atoms in total. The van der Waals surface area contributed by atoms with Gasteiger partial charge in [0.2, 0.25) is 5.91 Å². The lowest BCUT2D eigenvalue weighted by Gasteiger charge is -2.45. The molecule has 6 rings (SSSR count). The van der Waals surface area contributed by atoms with Crippen LogP contribution in [0.2, 0.25) is 0 Å². The molecule has 1 N–H and O–H groups in total. The molecule has 0 saturated carbocycles. The smallest absolute Gasteiger partial charge is 0.355 e. The maximum absolute atomic E-state index is 16.4. The van der Waals surface area contributed by atoms with Crippen molar-refractivity contribution >= 4 is 22.8 Å². The molecule has 1 amide bonds. The fourth-order valence-corrected chi connectivity index (χ4v) is 6.48. The highest BCUT2D eigenvalue weighted by Crippen LogP contribution is 2.36. The second kappa shape index (κ2) is 12.7. The second-order valence-electron chi connectivity index (χ2n) is 12.1. The van der Waals surface area contributed by atoms with Gasteiger partial charge in [0.25, 0.3) is 0 Å². The molecule has 3 aromatic heterocycles. The first-order chi connectivity index (χ1) is 22.6. The van der Waals surface area contributed by atoms with Gasteiger partial charge in [-0.2, -0.15) is 10.2 Å². The van der Waals surface area contributed by atoms with Crippen LogP contribution in [0.5, 0.6) is 0 Å². The first kappa shape index (κ1) is 31.5. The van der Waals surface area contributed by atoms with Gasteiger partial charge in [0, 0.05) is 37.4 Å². The number of carbonyl (C=O) groups is 1. The molecule has 1 aromatic carbocycles. The van der Waals surface area contributed by atoms with Crippen LogP contribution >= 0.6 is 0 Å². The molecule has 2 bridgehead atoms. The Bertz CT molecular complexity index is 2030. The van der Waals surface area contributed by atoms with E-state index in [0.717, 1.165) is 5.56 Å². The predicted octanol–water partition coefficient (Wildman–Crippen LogP) is 4.91. The van der Waals surface area contributed by atoms with Gasteiger partial charge in [0.1, 0.15) is 23.1 Å². The van der Waals surface area contributed by atoms with Crippen molar-refractivity contribution in [2.75, 3.05) is 18.0 Å². The molecule has 1 saturated heterocycles. The maximum atomic E-state index is 16.4. The van der Waals surface area contributed by atoms with Crippen LogP contribution in [0.1, 0.15) is 49.9 Å². The third-order valence-corrected chi connectivity index (χ3v) is 8.71. The number of nitrogens with zero attached hydrogens (tertiary/aromatic N) is 7. The third kappa shape index (κ3) is 5.62. The Morgan fingerprint density at radius 3 is 2.74 bits per heavy atom. The molecule has 4 aromatic rings. The summed E-state index contributed by atoms with van der Waals surface area (Å²) in [6.45, 7) is 9.97. The monoisotopic (exact) mass is 636 g/mol. The van der Waals surface area contributed by atoms with Crippen molar-refractivity contribution in [3.63, 3.8) is 0 Å². The highest BCUT2D eigenvalue weighted by Gasteiger charge is 2.36. The number of allylic oxidation sites excluding steroid dienone is 1. The summed E-state index contributed by atoms with van der Waals surface area (Å²) in [6, 6.07) is 8.81. The van der Waals surface area contributed by atoms with Gasteiger partial charge < -0.3 is 15.1 Å². The number of halogens is 2. The molecule has 5 heterocycles. The van der Waals surface area contributed by atoms with Crippen molar-refractivity contribution in [2.24, 2.45) is 0 Å². The molecule has 2 unspecified atom stereocenters. The first-order valence-corrected chi connectivity index (χ1v) is 15.5. The van der Waals surface area contributed by atoms with Crippen molar-refractivity contribution in [3.8, 4) is 23.0 Å². The fraction of sp³-hybridized carbons (Fsp3) is 0.314. The average molecular weight is 637 g/mol. The number of nitrogens with one attached hydrogen (secondary N) is 1. The van der Waals surface area contributed by atoms with E-state index in [0.29, 0.717) is 23.4 Å². The average Bonchev–Trinajstić information content (AvgIpc) is 3.05. The Morgan fingerprint density at radius 2 is 2.00 bits per heavy atom. The number of piperazine rings is 1. The molecule has 12 heteroatoms. The van der Waals surface area contributed by atoms with Crippen LogP contribution in [0.15, 0.2) is 66.3 Å². The number of amides is 1. The quantitative estimate of drug-likeness (QED) is 0.314. The van der Waals surface area contributed by atoms with E-state index in [2.05, 4.69) is 27.9 Å². The highest BCUT2D eigenvalue weighted by atomic mass is 19.1. The van der Waals surface area contributed by atoms with Crippen molar-refractivity contribution in [3.05, 3.63) is 100 Å². The Labute approximate surface area is 270 Å². The summed E-state index contributed by atoms with van der Waals surface area (Å²) in [5.74, 6) is -1.70. The van der Waals surface area contributed by atoms with Gasteiger partial charge in [-0.1, -0.05) is 38.6 Å².